The van der Waals surface area contributed by atoms with Crippen LogP contribution in [0.15, 0.2) is 42.7 Å². The van der Waals surface area contributed by atoms with Gasteiger partial charge in [0, 0.05) is 32.4 Å². The minimum Gasteiger partial charge on any atom is -0.364 e. The van der Waals surface area contributed by atoms with Crippen LogP contribution >= 0.6 is 0 Å². The molecule has 1 fully saturated rings. The summed E-state index contributed by atoms with van der Waals surface area (Å²) in [5.74, 6) is -2.87. The van der Waals surface area contributed by atoms with Gasteiger partial charge < -0.3 is 20.5 Å². The maximum atomic E-state index is 14.4. The van der Waals surface area contributed by atoms with Crippen molar-refractivity contribution in [1.82, 2.24) is 35.1 Å². The molecule has 3 N–H and O–H groups in total. The van der Waals surface area contributed by atoms with E-state index in [0.717, 1.165) is 11.9 Å². The number of halogens is 1. The van der Waals surface area contributed by atoms with Crippen molar-refractivity contribution in [2.24, 2.45) is 5.73 Å². The molecule has 2 amide bonds. The monoisotopic (exact) mass is 463 g/mol. The Bertz CT molecular complexity index is 1410. The number of rotatable bonds is 5. The van der Waals surface area contributed by atoms with Crippen LogP contribution in [0.2, 0.25) is 0 Å². The number of aromatic amines is 1. The molecule has 12 nitrogen and oxygen atoms in total. The summed E-state index contributed by atoms with van der Waals surface area (Å²) < 4.78 is 16.0. The lowest BCUT2D eigenvalue weighted by atomic mass is 10.1. The number of nitrogens with one attached hydrogen (secondary N) is 1. The number of para-hydroxylation sites is 1. The molecule has 4 heterocycles. The lowest BCUT2D eigenvalue weighted by Gasteiger charge is -2.34. The molecule has 5 rings (SSSR count). The molecule has 1 aromatic carbocycles. The molecule has 13 heteroatoms. The number of ketones is 1. The van der Waals surface area contributed by atoms with E-state index < -0.39 is 23.4 Å². The Balaban J connectivity index is 1.33. The highest BCUT2D eigenvalue weighted by Gasteiger charge is 2.31. The third kappa shape index (κ3) is 3.52. The summed E-state index contributed by atoms with van der Waals surface area (Å²) in [6.07, 6.45) is 1.99. The average Bonchev–Trinajstić information content (AvgIpc) is 3.52. The van der Waals surface area contributed by atoms with Crippen LogP contribution in [0, 0.1) is 5.82 Å². The molecule has 0 spiro atoms. The molecule has 0 saturated carbocycles. The summed E-state index contributed by atoms with van der Waals surface area (Å²) in [4.78, 5) is 47.0. The molecule has 3 aromatic heterocycles. The predicted molar refractivity (Wildman–Crippen MR) is 117 cm³/mol. The Morgan fingerprint density at radius 3 is 2.50 bits per heavy atom. The molecule has 1 aliphatic rings. The van der Waals surface area contributed by atoms with Gasteiger partial charge in [0.1, 0.15) is 0 Å². The van der Waals surface area contributed by atoms with E-state index in [0.29, 0.717) is 19.0 Å². The maximum absolute atomic E-state index is 14.4. The summed E-state index contributed by atoms with van der Waals surface area (Å²) >= 11 is 0. The lowest BCUT2D eigenvalue weighted by Crippen LogP contribution is -2.51. The maximum Gasteiger partial charge on any atom is 0.295 e. The van der Waals surface area contributed by atoms with E-state index in [2.05, 4.69) is 25.5 Å². The van der Waals surface area contributed by atoms with Gasteiger partial charge in [0.05, 0.1) is 28.4 Å². The van der Waals surface area contributed by atoms with E-state index in [1.54, 1.807) is 4.68 Å². The number of nitrogens with zero attached hydrogens (tertiary/aromatic N) is 7. The molecule has 0 bridgehead atoms. The fourth-order valence-corrected chi connectivity index (χ4v) is 3.96. The molecular weight excluding hydrogens is 445 g/mol. The number of Topliss-reactive ketones (excluding diaryl/α,β-unsaturated/α-hetero) is 1. The first-order valence-corrected chi connectivity index (χ1v) is 10.3. The first kappa shape index (κ1) is 21.2. The first-order valence-electron chi connectivity index (χ1n) is 10.3. The quantitative estimate of drug-likeness (QED) is 0.316. The zero-order valence-corrected chi connectivity index (χ0v) is 17.7. The molecule has 1 aliphatic heterocycles. The van der Waals surface area contributed by atoms with E-state index >= 15 is 0 Å². The highest BCUT2D eigenvalue weighted by Crippen LogP contribution is 2.25. The second-order valence-electron chi connectivity index (χ2n) is 7.61. The molecule has 0 aliphatic carbocycles. The van der Waals surface area contributed by atoms with E-state index in [9.17, 15) is 18.8 Å². The number of nitrogens with two attached hydrogens (primary N) is 1. The van der Waals surface area contributed by atoms with Crippen LogP contribution in [-0.2, 0) is 4.79 Å². The van der Waals surface area contributed by atoms with Crippen molar-refractivity contribution in [1.29, 1.82) is 0 Å². The number of anilines is 1. The van der Waals surface area contributed by atoms with Crippen LogP contribution in [0.4, 0.5) is 10.3 Å². The van der Waals surface area contributed by atoms with Gasteiger partial charge in [-0.1, -0.05) is 23.3 Å². The van der Waals surface area contributed by atoms with E-state index in [1.165, 1.54) is 11.1 Å². The summed E-state index contributed by atoms with van der Waals surface area (Å²) in [5.41, 5.74) is 5.64. The van der Waals surface area contributed by atoms with Crippen molar-refractivity contribution in [3.05, 3.63) is 59.8 Å². The topological polar surface area (TPSA) is 156 Å². The fourth-order valence-electron chi connectivity index (χ4n) is 3.96. The van der Waals surface area contributed by atoms with Gasteiger partial charge in [-0.25, -0.2) is 9.37 Å². The van der Waals surface area contributed by atoms with Crippen molar-refractivity contribution in [3.8, 4) is 5.69 Å². The van der Waals surface area contributed by atoms with Crippen LogP contribution in [0.3, 0.4) is 0 Å². The highest BCUT2D eigenvalue weighted by molar-refractivity contribution is 6.45. The number of piperazine rings is 1. The van der Waals surface area contributed by atoms with Gasteiger partial charge >= 0.3 is 0 Å². The number of fused-ring (bicyclic) bond motifs is 1. The minimum absolute atomic E-state index is 0.0267. The van der Waals surface area contributed by atoms with E-state index in [1.807, 2.05) is 35.2 Å². The van der Waals surface area contributed by atoms with Crippen LogP contribution in [0.25, 0.3) is 16.6 Å². The van der Waals surface area contributed by atoms with Crippen LogP contribution in [0.1, 0.15) is 20.8 Å². The smallest absolute Gasteiger partial charge is 0.295 e. The number of hydrogen-bond acceptors (Lipinski definition) is 8. The number of tetrazole rings is 1. The van der Waals surface area contributed by atoms with Crippen molar-refractivity contribution in [2.45, 2.75) is 0 Å². The third-order valence-electron chi connectivity index (χ3n) is 5.64. The van der Waals surface area contributed by atoms with Crippen LogP contribution in [-0.4, -0.2) is 78.9 Å². The lowest BCUT2D eigenvalue weighted by molar-refractivity contribution is -0.126. The Morgan fingerprint density at radius 2 is 1.79 bits per heavy atom. The fraction of sp³-hybridized carbons (Fsp3) is 0.190. The van der Waals surface area contributed by atoms with Crippen LogP contribution in [0.5, 0.6) is 0 Å². The predicted octanol–water partition coefficient (Wildman–Crippen LogP) is 0.308. The Kier molecular flexibility index (Phi) is 5.20. The van der Waals surface area contributed by atoms with E-state index in [4.69, 9.17) is 5.73 Å². The number of primary amides is 1. The van der Waals surface area contributed by atoms with Crippen LogP contribution < -0.4 is 10.6 Å². The minimum atomic E-state index is -0.894. The van der Waals surface area contributed by atoms with Gasteiger partial charge in [-0.05, 0) is 22.6 Å². The number of amides is 2. The number of benzene rings is 1. The third-order valence-corrected chi connectivity index (χ3v) is 5.64. The van der Waals surface area contributed by atoms with E-state index in [-0.39, 0.29) is 35.2 Å². The standard InChI is InChI=1S/C21H18FN9O3/c22-14-11-25-17(19(23)33)16-15(14)13(10-24-16)18(32)20(34)29-6-8-30(9-7-29)21-26-27-28-31(21)12-4-2-1-3-5-12/h1-5,10-11,24H,6-9H2,(H2,23,33). The number of carbonyl (C=O) groups excluding carboxylic acids is 3. The zero-order chi connectivity index (χ0) is 23.8. The number of pyridine rings is 1. The largest absolute Gasteiger partial charge is 0.364 e. The number of hydrogen-bond donors (Lipinski definition) is 2. The second kappa shape index (κ2) is 8.35. The normalized spacial score (nSPS) is 13.9. The molecule has 0 radical (unpaired) electrons. The number of carbonyl (C=O) groups is 3. The summed E-state index contributed by atoms with van der Waals surface area (Å²) in [6, 6.07) is 9.38. The summed E-state index contributed by atoms with van der Waals surface area (Å²) in [5, 5.41) is 11.7. The Hall–Kier alpha value is -4.68. The SMILES string of the molecule is NC(=O)c1ncc(F)c2c(C(=O)C(=O)N3CCN(c4nnnn4-c4ccccc4)CC3)c[nH]c12. The first-order chi connectivity index (χ1) is 16.5. The number of H-pyrrole nitrogens is 1. The molecule has 4 aromatic rings. The molecular formula is C21H18FN9O3. The molecule has 0 unspecified atom stereocenters. The highest BCUT2D eigenvalue weighted by atomic mass is 19.1. The summed E-state index contributed by atoms with van der Waals surface area (Å²) in [6.45, 7) is 1.27. The van der Waals surface area contributed by atoms with Gasteiger partial charge in [0.15, 0.2) is 11.5 Å². The molecule has 1 saturated heterocycles. The van der Waals surface area contributed by atoms with Gasteiger partial charge in [-0.2, -0.15) is 4.68 Å². The van der Waals surface area contributed by atoms with Crippen molar-refractivity contribution in [3.63, 3.8) is 0 Å². The number of aromatic nitrogens is 6. The Labute approximate surface area is 191 Å². The second-order valence-corrected chi connectivity index (χ2v) is 7.61. The Morgan fingerprint density at radius 1 is 1.06 bits per heavy atom. The van der Waals surface area contributed by atoms with Gasteiger partial charge in [0.25, 0.3) is 17.6 Å². The molecule has 0 atom stereocenters. The van der Waals surface area contributed by atoms with Crippen molar-refractivity contribution in [2.75, 3.05) is 31.1 Å². The van der Waals surface area contributed by atoms with Gasteiger partial charge in [-0.15, -0.1) is 0 Å². The summed E-state index contributed by atoms with van der Waals surface area (Å²) in [7, 11) is 0. The van der Waals surface area contributed by atoms with Crippen molar-refractivity contribution < 1.29 is 18.8 Å². The molecule has 172 valence electrons. The molecule has 34 heavy (non-hydrogen) atoms. The zero-order valence-electron chi connectivity index (χ0n) is 17.7. The van der Waals surface area contributed by atoms with Crippen molar-refractivity contribution >= 4 is 34.4 Å². The average molecular weight is 463 g/mol. The van der Waals surface area contributed by atoms with Gasteiger partial charge in [-0.3, -0.25) is 14.4 Å². The van der Waals surface area contributed by atoms with Gasteiger partial charge in [0.2, 0.25) is 5.95 Å².